The molecule has 1 fully saturated rings. The molecule has 9 heteroatoms. The van der Waals surface area contributed by atoms with Gasteiger partial charge in [0.1, 0.15) is 0 Å². The summed E-state index contributed by atoms with van der Waals surface area (Å²) in [7, 11) is 1.57. The van der Waals surface area contributed by atoms with Crippen molar-refractivity contribution in [2.45, 2.75) is 56.3 Å². The predicted molar refractivity (Wildman–Crippen MR) is 117 cm³/mol. The lowest BCUT2D eigenvalue weighted by atomic mass is 9.96. The number of urea groups is 1. The summed E-state index contributed by atoms with van der Waals surface area (Å²) in [6, 6.07) is 6.52. The number of rotatable bonds is 7. The summed E-state index contributed by atoms with van der Waals surface area (Å²) in [6.07, 6.45) is 5.28. The van der Waals surface area contributed by atoms with Crippen molar-refractivity contribution in [2.75, 3.05) is 19.5 Å². The number of nitrogens with zero attached hydrogens (tertiary/aromatic N) is 2. The second kappa shape index (κ2) is 10.6. The molecule has 1 saturated carbocycles. The standard InChI is InChI=1S/C21H28N4O4S/c1-14(12-29-2)25-19(27)16-10-6-7-11-17(16)23-21(25)30-13-18(26)24-20(28)22-15-8-4-3-5-9-15/h6-7,10-11,14-15H,3-5,8-9,12-13H2,1-2H3,(H2,22,24,26,28)/t14-/m1/s1. The Morgan fingerprint density at radius 3 is 2.73 bits per heavy atom. The molecule has 1 heterocycles. The van der Waals surface area contributed by atoms with Crippen LogP contribution in [0.25, 0.3) is 10.9 Å². The number of hydrogen-bond donors (Lipinski definition) is 2. The zero-order chi connectivity index (χ0) is 21.5. The van der Waals surface area contributed by atoms with Crippen LogP contribution in [0.15, 0.2) is 34.2 Å². The minimum Gasteiger partial charge on any atom is -0.383 e. The number of thioether (sulfide) groups is 1. The number of carbonyl (C=O) groups is 2. The van der Waals surface area contributed by atoms with E-state index in [1.807, 2.05) is 13.0 Å². The topological polar surface area (TPSA) is 102 Å². The maximum absolute atomic E-state index is 13.0. The summed E-state index contributed by atoms with van der Waals surface area (Å²) >= 11 is 1.13. The minimum absolute atomic E-state index is 0.0252. The van der Waals surface area contributed by atoms with E-state index in [0.29, 0.717) is 22.7 Å². The lowest BCUT2D eigenvalue weighted by Gasteiger charge is -2.22. The number of para-hydroxylation sites is 1. The number of nitrogens with one attached hydrogen (secondary N) is 2. The van der Waals surface area contributed by atoms with Crippen molar-refractivity contribution in [1.82, 2.24) is 20.2 Å². The molecule has 0 aliphatic heterocycles. The third-order valence-electron chi connectivity index (χ3n) is 5.15. The van der Waals surface area contributed by atoms with Crippen LogP contribution in [0.4, 0.5) is 4.79 Å². The predicted octanol–water partition coefficient (Wildman–Crippen LogP) is 2.85. The van der Waals surface area contributed by atoms with Crippen LogP contribution >= 0.6 is 11.8 Å². The quantitative estimate of drug-likeness (QED) is 0.515. The van der Waals surface area contributed by atoms with E-state index in [1.165, 1.54) is 6.42 Å². The first kappa shape index (κ1) is 22.3. The highest BCUT2D eigenvalue weighted by atomic mass is 32.2. The number of aromatic nitrogens is 2. The van der Waals surface area contributed by atoms with Crippen LogP contribution in [0.2, 0.25) is 0 Å². The van der Waals surface area contributed by atoms with E-state index in [2.05, 4.69) is 15.6 Å². The molecule has 1 aromatic heterocycles. The highest BCUT2D eigenvalue weighted by Gasteiger charge is 2.19. The summed E-state index contributed by atoms with van der Waals surface area (Å²) in [4.78, 5) is 41.9. The first-order valence-electron chi connectivity index (χ1n) is 10.2. The molecule has 3 rings (SSSR count). The average Bonchev–Trinajstić information content (AvgIpc) is 2.73. The number of hydrogen-bond acceptors (Lipinski definition) is 6. The van der Waals surface area contributed by atoms with Gasteiger partial charge in [0.25, 0.3) is 5.56 Å². The van der Waals surface area contributed by atoms with Crippen molar-refractivity contribution < 1.29 is 14.3 Å². The van der Waals surface area contributed by atoms with Crippen molar-refractivity contribution in [3.05, 3.63) is 34.6 Å². The Morgan fingerprint density at radius 1 is 1.27 bits per heavy atom. The molecule has 0 radical (unpaired) electrons. The molecular weight excluding hydrogens is 404 g/mol. The Balaban J connectivity index is 1.69. The molecule has 30 heavy (non-hydrogen) atoms. The molecule has 162 valence electrons. The zero-order valence-corrected chi connectivity index (χ0v) is 18.2. The fraction of sp³-hybridized carbons (Fsp3) is 0.524. The number of fused-ring (bicyclic) bond motifs is 1. The van der Waals surface area contributed by atoms with Crippen molar-refractivity contribution in [3.8, 4) is 0 Å². The highest BCUT2D eigenvalue weighted by Crippen LogP contribution is 2.21. The van der Waals surface area contributed by atoms with Gasteiger partial charge in [-0.25, -0.2) is 9.78 Å². The molecule has 2 N–H and O–H groups in total. The Hall–Kier alpha value is -2.39. The molecule has 0 bridgehead atoms. The number of amides is 3. The maximum Gasteiger partial charge on any atom is 0.321 e. The van der Waals surface area contributed by atoms with Gasteiger partial charge in [-0.05, 0) is 31.9 Å². The molecular formula is C21H28N4O4S. The van der Waals surface area contributed by atoms with Crippen molar-refractivity contribution in [3.63, 3.8) is 0 Å². The summed E-state index contributed by atoms with van der Waals surface area (Å²) in [5, 5.41) is 6.17. The Morgan fingerprint density at radius 2 is 2.00 bits per heavy atom. The molecule has 1 aromatic carbocycles. The summed E-state index contributed by atoms with van der Waals surface area (Å²) in [5.74, 6) is -0.454. The van der Waals surface area contributed by atoms with Crippen LogP contribution < -0.4 is 16.2 Å². The fourth-order valence-corrected chi connectivity index (χ4v) is 4.59. The first-order valence-corrected chi connectivity index (χ1v) is 11.2. The minimum atomic E-state index is -0.468. The lowest BCUT2D eigenvalue weighted by Crippen LogP contribution is -2.45. The summed E-state index contributed by atoms with van der Waals surface area (Å²) < 4.78 is 6.75. The third-order valence-corrected chi connectivity index (χ3v) is 6.10. The number of carbonyl (C=O) groups excluding carboxylic acids is 2. The van der Waals surface area contributed by atoms with Crippen molar-refractivity contribution in [1.29, 1.82) is 0 Å². The van der Waals surface area contributed by atoms with Gasteiger partial charge >= 0.3 is 6.03 Å². The van der Waals surface area contributed by atoms with Gasteiger partial charge in [0.05, 0.1) is 29.3 Å². The Bertz CT molecular complexity index is 956. The van der Waals surface area contributed by atoms with Crippen molar-refractivity contribution >= 4 is 34.6 Å². The summed E-state index contributed by atoms with van der Waals surface area (Å²) in [6.45, 7) is 2.20. The molecule has 3 amide bonds. The average molecular weight is 433 g/mol. The Kier molecular flexibility index (Phi) is 7.87. The smallest absolute Gasteiger partial charge is 0.321 e. The second-order valence-electron chi connectivity index (χ2n) is 7.54. The van der Waals surface area contributed by atoms with Gasteiger partial charge in [-0.2, -0.15) is 0 Å². The number of imide groups is 1. The van der Waals surface area contributed by atoms with E-state index in [1.54, 1.807) is 29.9 Å². The van der Waals surface area contributed by atoms with Gasteiger partial charge in [0.15, 0.2) is 5.16 Å². The maximum atomic E-state index is 13.0. The number of ether oxygens (including phenoxy) is 1. The SMILES string of the molecule is COC[C@@H](C)n1c(SCC(=O)NC(=O)NC2CCCCC2)nc2ccccc2c1=O. The van der Waals surface area contributed by atoms with E-state index in [-0.39, 0.29) is 23.4 Å². The van der Waals surface area contributed by atoms with Crippen molar-refractivity contribution in [2.24, 2.45) is 0 Å². The van der Waals surface area contributed by atoms with E-state index in [4.69, 9.17) is 4.74 Å². The molecule has 8 nitrogen and oxygen atoms in total. The van der Waals surface area contributed by atoms with Crippen LogP contribution in [-0.2, 0) is 9.53 Å². The van der Waals surface area contributed by atoms with E-state index in [0.717, 1.165) is 37.4 Å². The molecule has 1 aliphatic carbocycles. The van der Waals surface area contributed by atoms with Gasteiger partial charge < -0.3 is 10.1 Å². The van der Waals surface area contributed by atoms with Crippen LogP contribution in [0.1, 0.15) is 45.1 Å². The van der Waals surface area contributed by atoms with E-state index >= 15 is 0 Å². The second-order valence-corrected chi connectivity index (χ2v) is 8.48. The number of benzene rings is 1. The monoisotopic (exact) mass is 432 g/mol. The van der Waals surface area contributed by atoms with E-state index < -0.39 is 11.9 Å². The highest BCUT2D eigenvalue weighted by molar-refractivity contribution is 7.99. The van der Waals surface area contributed by atoms with E-state index in [9.17, 15) is 14.4 Å². The zero-order valence-electron chi connectivity index (χ0n) is 17.3. The molecule has 1 aliphatic rings. The van der Waals surface area contributed by atoms with Gasteiger partial charge in [-0.15, -0.1) is 0 Å². The molecule has 0 spiro atoms. The Labute approximate surface area is 179 Å². The van der Waals surface area contributed by atoms with Gasteiger partial charge in [-0.3, -0.25) is 19.5 Å². The van der Waals surface area contributed by atoms with Crippen LogP contribution in [-0.4, -0.2) is 47.0 Å². The van der Waals surface area contributed by atoms with Crippen LogP contribution in [0.5, 0.6) is 0 Å². The molecule has 0 saturated heterocycles. The molecule has 1 atom stereocenters. The lowest BCUT2D eigenvalue weighted by molar-refractivity contribution is -0.117. The number of methoxy groups -OCH3 is 1. The van der Waals surface area contributed by atoms with Crippen LogP contribution in [0, 0.1) is 0 Å². The van der Waals surface area contributed by atoms with Crippen LogP contribution in [0.3, 0.4) is 0 Å². The fourth-order valence-electron chi connectivity index (χ4n) is 3.69. The van der Waals surface area contributed by atoms with Gasteiger partial charge in [0, 0.05) is 13.2 Å². The molecule has 0 unspecified atom stereocenters. The van der Waals surface area contributed by atoms with Gasteiger partial charge in [-0.1, -0.05) is 43.2 Å². The van der Waals surface area contributed by atoms with Gasteiger partial charge in [0.2, 0.25) is 5.91 Å². The normalized spacial score (nSPS) is 15.7. The molecule has 2 aromatic rings. The third kappa shape index (κ3) is 5.60. The summed E-state index contributed by atoms with van der Waals surface area (Å²) in [5.41, 5.74) is 0.393. The largest absolute Gasteiger partial charge is 0.383 e. The first-order chi connectivity index (χ1) is 14.5.